The SMILES string of the molecule is Cc1noc2nc(-c3ccco3)cc(C(=O)N3CCCc4cccc(F)c43)c12. The molecule has 1 amide bonds. The average molecular weight is 377 g/mol. The number of furan rings is 1. The zero-order valence-corrected chi connectivity index (χ0v) is 15.1. The van der Waals surface area contributed by atoms with Gasteiger partial charge in [0.15, 0.2) is 5.76 Å². The number of para-hydroxylation sites is 1. The first kappa shape index (κ1) is 16.7. The molecule has 1 aromatic carbocycles. The Balaban J connectivity index is 1.70. The van der Waals surface area contributed by atoms with Crippen molar-refractivity contribution in [2.24, 2.45) is 0 Å². The van der Waals surface area contributed by atoms with E-state index in [4.69, 9.17) is 8.94 Å². The van der Waals surface area contributed by atoms with Crippen LogP contribution in [-0.4, -0.2) is 22.6 Å². The van der Waals surface area contributed by atoms with Gasteiger partial charge in [-0.05, 0) is 49.6 Å². The summed E-state index contributed by atoms with van der Waals surface area (Å²) in [5, 5.41) is 4.49. The quantitative estimate of drug-likeness (QED) is 0.513. The van der Waals surface area contributed by atoms with Crippen molar-refractivity contribution in [3.63, 3.8) is 0 Å². The minimum atomic E-state index is -0.399. The normalized spacial score (nSPS) is 13.7. The lowest BCUT2D eigenvalue weighted by Crippen LogP contribution is -2.36. The second-order valence-corrected chi connectivity index (χ2v) is 6.79. The number of aromatic nitrogens is 2. The van der Waals surface area contributed by atoms with Gasteiger partial charge in [-0.1, -0.05) is 17.3 Å². The minimum absolute atomic E-state index is 0.250. The summed E-state index contributed by atoms with van der Waals surface area (Å²) >= 11 is 0. The highest BCUT2D eigenvalue weighted by molar-refractivity contribution is 6.14. The van der Waals surface area contributed by atoms with E-state index in [1.165, 1.54) is 17.2 Å². The molecule has 4 heterocycles. The zero-order chi connectivity index (χ0) is 19.3. The molecule has 0 unspecified atom stereocenters. The number of benzene rings is 1. The Morgan fingerprint density at radius 2 is 2.14 bits per heavy atom. The predicted octanol–water partition coefficient (Wildman–Crippen LogP) is 4.52. The average Bonchev–Trinajstić information content (AvgIpc) is 3.37. The number of rotatable bonds is 2. The highest BCUT2D eigenvalue weighted by Crippen LogP contribution is 2.34. The van der Waals surface area contributed by atoms with Gasteiger partial charge in [-0.3, -0.25) is 4.79 Å². The largest absolute Gasteiger partial charge is 0.463 e. The Hall–Kier alpha value is -3.48. The van der Waals surface area contributed by atoms with Gasteiger partial charge >= 0.3 is 0 Å². The molecule has 4 aromatic rings. The van der Waals surface area contributed by atoms with Gasteiger partial charge in [-0.15, -0.1) is 0 Å². The monoisotopic (exact) mass is 377 g/mol. The van der Waals surface area contributed by atoms with Gasteiger partial charge in [0.1, 0.15) is 11.5 Å². The van der Waals surface area contributed by atoms with Crippen LogP contribution in [0.4, 0.5) is 10.1 Å². The maximum absolute atomic E-state index is 14.6. The number of aryl methyl sites for hydroxylation is 2. The molecule has 5 rings (SSSR count). The first-order chi connectivity index (χ1) is 13.6. The molecule has 1 aliphatic heterocycles. The lowest BCUT2D eigenvalue weighted by Gasteiger charge is -2.30. The van der Waals surface area contributed by atoms with Crippen molar-refractivity contribution >= 4 is 22.7 Å². The van der Waals surface area contributed by atoms with E-state index in [2.05, 4.69) is 10.1 Å². The van der Waals surface area contributed by atoms with E-state index in [1.54, 1.807) is 31.2 Å². The van der Waals surface area contributed by atoms with Crippen LogP contribution in [0.3, 0.4) is 0 Å². The number of anilines is 1. The number of hydrogen-bond acceptors (Lipinski definition) is 5. The van der Waals surface area contributed by atoms with Crippen LogP contribution in [0.15, 0.2) is 51.6 Å². The first-order valence-electron chi connectivity index (χ1n) is 9.03. The topological polar surface area (TPSA) is 72.4 Å². The summed E-state index contributed by atoms with van der Waals surface area (Å²) in [7, 11) is 0. The van der Waals surface area contributed by atoms with E-state index in [9.17, 15) is 9.18 Å². The lowest BCUT2D eigenvalue weighted by atomic mass is 9.99. The highest BCUT2D eigenvalue weighted by Gasteiger charge is 2.29. The Morgan fingerprint density at radius 3 is 2.96 bits per heavy atom. The molecule has 28 heavy (non-hydrogen) atoms. The maximum atomic E-state index is 14.6. The summed E-state index contributed by atoms with van der Waals surface area (Å²) in [5.74, 6) is -0.197. The summed E-state index contributed by atoms with van der Waals surface area (Å²) in [6, 6.07) is 10.1. The van der Waals surface area contributed by atoms with Crippen molar-refractivity contribution in [1.29, 1.82) is 0 Å². The number of carbonyl (C=O) groups is 1. The van der Waals surface area contributed by atoms with Gasteiger partial charge in [0.25, 0.3) is 11.6 Å². The van der Waals surface area contributed by atoms with Crippen LogP contribution in [0.1, 0.15) is 28.0 Å². The number of halogens is 1. The summed E-state index contributed by atoms with van der Waals surface area (Å²) in [4.78, 5) is 19.5. The van der Waals surface area contributed by atoms with Crippen LogP contribution in [0, 0.1) is 12.7 Å². The number of amides is 1. The molecule has 0 saturated carbocycles. The van der Waals surface area contributed by atoms with E-state index in [-0.39, 0.29) is 11.6 Å². The van der Waals surface area contributed by atoms with Gasteiger partial charge in [-0.2, -0.15) is 0 Å². The fourth-order valence-electron chi connectivity index (χ4n) is 3.77. The van der Waals surface area contributed by atoms with Crippen molar-refractivity contribution in [2.75, 3.05) is 11.4 Å². The molecule has 0 aliphatic carbocycles. The summed E-state index contributed by atoms with van der Waals surface area (Å²) in [6.45, 7) is 2.19. The molecule has 7 heteroatoms. The van der Waals surface area contributed by atoms with E-state index >= 15 is 0 Å². The van der Waals surface area contributed by atoms with Gasteiger partial charge < -0.3 is 13.8 Å². The molecule has 140 valence electrons. The van der Waals surface area contributed by atoms with Crippen LogP contribution in [-0.2, 0) is 6.42 Å². The van der Waals surface area contributed by atoms with Gasteiger partial charge in [0.05, 0.1) is 28.6 Å². The van der Waals surface area contributed by atoms with Gasteiger partial charge in [0.2, 0.25) is 0 Å². The van der Waals surface area contributed by atoms with Crippen LogP contribution in [0.2, 0.25) is 0 Å². The second kappa shape index (κ2) is 6.30. The van der Waals surface area contributed by atoms with E-state index < -0.39 is 5.82 Å². The van der Waals surface area contributed by atoms with Crippen molar-refractivity contribution in [3.05, 3.63) is 65.3 Å². The summed E-state index contributed by atoms with van der Waals surface area (Å²) < 4.78 is 25.3. The third kappa shape index (κ3) is 2.51. The minimum Gasteiger partial charge on any atom is -0.463 e. The van der Waals surface area contributed by atoms with Crippen molar-refractivity contribution in [1.82, 2.24) is 10.1 Å². The fourth-order valence-corrected chi connectivity index (χ4v) is 3.77. The van der Waals surface area contributed by atoms with Crippen molar-refractivity contribution in [3.8, 4) is 11.5 Å². The number of pyridine rings is 1. The lowest BCUT2D eigenvalue weighted by molar-refractivity contribution is 0.0985. The molecule has 0 bridgehead atoms. The number of fused-ring (bicyclic) bond motifs is 2. The van der Waals surface area contributed by atoms with Gasteiger partial charge in [-0.25, -0.2) is 9.37 Å². The Labute approximate surface area is 159 Å². The standard InChI is InChI=1S/C21H16FN3O3/c1-12-18-14(11-16(17-8-4-10-27-17)23-20(18)28-24-12)21(26)25-9-3-6-13-5-2-7-15(22)19(13)25/h2,4-5,7-8,10-11H,3,6,9H2,1H3. The smallest absolute Gasteiger partial charge is 0.259 e. The van der Waals surface area contributed by atoms with Crippen LogP contribution < -0.4 is 4.90 Å². The third-order valence-electron chi connectivity index (χ3n) is 5.03. The molecule has 0 atom stereocenters. The zero-order valence-electron chi connectivity index (χ0n) is 15.1. The van der Waals surface area contributed by atoms with Gasteiger partial charge in [0, 0.05) is 6.54 Å². The third-order valence-corrected chi connectivity index (χ3v) is 5.03. The number of carbonyl (C=O) groups excluding carboxylic acids is 1. The maximum Gasteiger partial charge on any atom is 0.259 e. The molecule has 0 radical (unpaired) electrons. The highest BCUT2D eigenvalue weighted by atomic mass is 19.1. The molecule has 0 N–H and O–H groups in total. The number of hydrogen-bond donors (Lipinski definition) is 0. The molecular formula is C21H16FN3O3. The van der Waals surface area contributed by atoms with E-state index in [0.29, 0.717) is 40.3 Å². The van der Waals surface area contributed by atoms with Crippen molar-refractivity contribution < 1.29 is 18.1 Å². The van der Waals surface area contributed by atoms with Crippen molar-refractivity contribution in [2.45, 2.75) is 19.8 Å². The fraction of sp³-hybridized carbons (Fsp3) is 0.190. The molecule has 0 fully saturated rings. The summed E-state index contributed by atoms with van der Waals surface area (Å²) in [5.41, 5.74) is 2.81. The first-order valence-corrected chi connectivity index (χ1v) is 9.03. The van der Waals surface area contributed by atoms with E-state index in [1.807, 2.05) is 6.07 Å². The molecule has 6 nitrogen and oxygen atoms in total. The Kier molecular flexibility index (Phi) is 3.75. The Bertz CT molecular complexity index is 1200. The summed E-state index contributed by atoms with van der Waals surface area (Å²) in [6.07, 6.45) is 3.04. The number of nitrogens with zero attached hydrogens (tertiary/aromatic N) is 3. The van der Waals surface area contributed by atoms with E-state index in [0.717, 1.165) is 18.4 Å². The van der Waals surface area contributed by atoms with Crippen LogP contribution in [0.5, 0.6) is 0 Å². The molecule has 1 aliphatic rings. The molecule has 3 aromatic heterocycles. The van der Waals surface area contributed by atoms with Crippen LogP contribution in [0.25, 0.3) is 22.6 Å². The molecular weight excluding hydrogens is 361 g/mol. The molecule has 0 spiro atoms. The molecule has 0 saturated heterocycles. The predicted molar refractivity (Wildman–Crippen MR) is 101 cm³/mol. The second-order valence-electron chi connectivity index (χ2n) is 6.79. The van der Waals surface area contributed by atoms with Crippen LogP contribution >= 0.6 is 0 Å². The Morgan fingerprint density at radius 1 is 1.25 bits per heavy atom.